The number of rotatable bonds is 1. The van der Waals surface area contributed by atoms with Gasteiger partial charge < -0.3 is 4.90 Å². The molecule has 0 saturated carbocycles. The summed E-state index contributed by atoms with van der Waals surface area (Å²) in [4.78, 5) is 11.0. The number of nitrogens with zero attached hydrogens (tertiary/aromatic N) is 3. The maximum Gasteiger partial charge on any atom is 0.198 e. The van der Waals surface area contributed by atoms with Gasteiger partial charge in [0.2, 0.25) is 0 Å². The van der Waals surface area contributed by atoms with E-state index in [1.807, 2.05) is 6.92 Å². The van der Waals surface area contributed by atoms with E-state index in [1.165, 1.54) is 12.8 Å². The Bertz CT molecular complexity index is 333. The molecule has 1 aromatic heterocycles. The van der Waals surface area contributed by atoms with Crippen LogP contribution in [0.4, 0.5) is 5.82 Å². The summed E-state index contributed by atoms with van der Waals surface area (Å²) in [5.74, 6) is 1.83. The number of piperidine rings is 1. The second kappa shape index (κ2) is 4.47. The SMILES string of the molecule is Cc1cc(N2CCCC(C)C2)nc(Br)n1. The molecule has 0 aliphatic carbocycles. The fourth-order valence-corrected chi connectivity index (χ4v) is 2.54. The minimum Gasteiger partial charge on any atom is -0.356 e. The second-order valence-corrected chi connectivity index (χ2v) is 5.04. The van der Waals surface area contributed by atoms with Crippen molar-refractivity contribution in [2.45, 2.75) is 26.7 Å². The molecule has 2 rings (SSSR count). The molecule has 1 aliphatic rings. The molecule has 1 aliphatic heterocycles. The zero-order valence-electron chi connectivity index (χ0n) is 9.20. The molecule has 82 valence electrons. The number of halogens is 1. The van der Waals surface area contributed by atoms with Gasteiger partial charge >= 0.3 is 0 Å². The van der Waals surface area contributed by atoms with Crippen LogP contribution in [0.2, 0.25) is 0 Å². The van der Waals surface area contributed by atoms with Gasteiger partial charge in [-0.1, -0.05) is 6.92 Å². The van der Waals surface area contributed by atoms with E-state index in [0.717, 1.165) is 30.5 Å². The van der Waals surface area contributed by atoms with E-state index < -0.39 is 0 Å². The molecular formula is C11H16BrN3. The minimum atomic E-state index is 0.690. The minimum absolute atomic E-state index is 0.690. The van der Waals surface area contributed by atoms with Crippen LogP contribution in [0.1, 0.15) is 25.5 Å². The third-order valence-corrected chi connectivity index (χ3v) is 3.15. The van der Waals surface area contributed by atoms with Crippen LogP contribution < -0.4 is 4.90 Å². The molecule has 2 heterocycles. The molecule has 15 heavy (non-hydrogen) atoms. The van der Waals surface area contributed by atoms with Crippen molar-refractivity contribution >= 4 is 21.7 Å². The van der Waals surface area contributed by atoms with Crippen molar-refractivity contribution in [1.82, 2.24) is 9.97 Å². The lowest BCUT2D eigenvalue weighted by atomic mass is 10.0. The van der Waals surface area contributed by atoms with Gasteiger partial charge in [-0.05, 0) is 41.6 Å². The van der Waals surface area contributed by atoms with Crippen molar-refractivity contribution < 1.29 is 0 Å². The van der Waals surface area contributed by atoms with E-state index in [2.05, 4.69) is 43.8 Å². The number of hydrogen-bond acceptors (Lipinski definition) is 3. The molecule has 1 atom stereocenters. The molecule has 1 aromatic rings. The molecule has 1 fully saturated rings. The van der Waals surface area contributed by atoms with Crippen molar-refractivity contribution in [1.29, 1.82) is 0 Å². The average molecular weight is 270 g/mol. The lowest BCUT2D eigenvalue weighted by Crippen LogP contribution is -2.34. The second-order valence-electron chi connectivity index (χ2n) is 4.33. The lowest BCUT2D eigenvalue weighted by molar-refractivity contribution is 0.444. The Balaban J connectivity index is 2.20. The van der Waals surface area contributed by atoms with Gasteiger partial charge in [0, 0.05) is 24.8 Å². The van der Waals surface area contributed by atoms with Crippen LogP contribution in [0.5, 0.6) is 0 Å². The van der Waals surface area contributed by atoms with Gasteiger partial charge in [0.25, 0.3) is 0 Å². The fourth-order valence-electron chi connectivity index (χ4n) is 2.08. The van der Waals surface area contributed by atoms with Gasteiger partial charge in [-0.3, -0.25) is 0 Å². The Labute approximate surface area is 99.0 Å². The molecule has 0 amide bonds. The Morgan fingerprint density at radius 1 is 1.47 bits per heavy atom. The van der Waals surface area contributed by atoms with Gasteiger partial charge in [0.1, 0.15) is 5.82 Å². The summed E-state index contributed by atoms with van der Waals surface area (Å²) in [5.41, 5.74) is 1.02. The van der Waals surface area contributed by atoms with E-state index in [4.69, 9.17) is 0 Å². The van der Waals surface area contributed by atoms with Crippen LogP contribution in [-0.4, -0.2) is 23.1 Å². The lowest BCUT2D eigenvalue weighted by Gasteiger charge is -2.31. The molecule has 1 saturated heterocycles. The van der Waals surface area contributed by atoms with Crippen molar-refractivity contribution in [3.8, 4) is 0 Å². The molecule has 0 radical (unpaired) electrons. The Kier molecular flexibility index (Phi) is 3.24. The van der Waals surface area contributed by atoms with Gasteiger partial charge in [-0.25, -0.2) is 9.97 Å². The largest absolute Gasteiger partial charge is 0.356 e. The molecule has 0 spiro atoms. The summed E-state index contributed by atoms with van der Waals surface area (Å²) in [7, 11) is 0. The average Bonchev–Trinajstić information content (AvgIpc) is 2.16. The molecule has 3 nitrogen and oxygen atoms in total. The molecule has 4 heteroatoms. The summed E-state index contributed by atoms with van der Waals surface area (Å²) >= 11 is 3.35. The van der Waals surface area contributed by atoms with E-state index in [9.17, 15) is 0 Å². The summed E-state index contributed by atoms with van der Waals surface area (Å²) < 4.78 is 0.690. The van der Waals surface area contributed by atoms with E-state index in [1.54, 1.807) is 0 Å². The molecule has 1 unspecified atom stereocenters. The number of aryl methyl sites for hydroxylation is 1. The van der Waals surface area contributed by atoms with Gasteiger partial charge in [0.15, 0.2) is 4.73 Å². The highest BCUT2D eigenvalue weighted by Gasteiger charge is 2.18. The van der Waals surface area contributed by atoms with E-state index >= 15 is 0 Å². The Morgan fingerprint density at radius 2 is 2.27 bits per heavy atom. The van der Waals surface area contributed by atoms with Crippen molar-refractivity contribution in [2.75, 3.05) is 18.0 Å². The predicted molar refractivity (Wildman–Crippen MR) is 65.1 cm³/mol. The predicted octanol–water partition coefficient (Wildman–Crippen LogP) is 2.78. The molecule has 0 bridgehead atoms. The number of aromatic nitrogens is 2. The van der Waals surface area contributed by atoms with Crippen molar-refractivity contribution in [3.63, 3.8) is 0 Å². The number of anilines is 1. The van der Waals surface area contributed by atoms with Crippen molar-refractivity contribution in [3.05, 3.63) is 16.5 Å². The monoisotopic (exact) mass is 269 g/mol. The maximum atomic E-state index is 4.42. The topological polar surface area (TPSA) is 29.0 Å². The van der Waals surface area contributed by atoms with Crippen molar-refractivity contribution in [2.24, 2.45) is 5.92 Å². The first-order valence-electron chi connectivity index (χ1n) is 5.41. The zero-order chi connectivity index (χ0) is 10.8. The van der Waals surface area contributed by atoms with Crippen LogP contribution in [0.3, 0.4) is 0 Å². The van der Waals surface area contributed by atoms with Gasteiger partial charge in [-0.15, -0.1) is 0 Å². The summed E-state index contributed by atoms with van der Waals surface area (Å²) in [6.45, 7) is 6.54. The Hall–Kier alpha value is -0.640. The smallest absolute Gasteiger partial charge is 0.198 e. The van der Waals surface area contributed by atoms with Crippen LogP contribution in [0, 0.1) is 12.8 Å². The molecule has 0 N–H and O–H groups in total. The summed E-state index contributed by atoms with van der Waals surface area (Å²) in [5, 5.41) is 0. The highest BCUT2D eigenvalue weighted by Crippen LogP contribution is 2.22. The Morgan fingerprint density at radius 3 is 2.93 bits per heavy atom. The maximum absolute atomic E-state index is 4.42. The zero-order valence-corrected chi connectivity index (χ0v) is 10.8. The highest BCUT2D eigenvalue weighted by atomic mass is 79.9. The van der Waals surface area contributed by atoms with Crippen LogP contribution in [-0.2, 0) is 0 Å². The van der Waals surface area contributed by atoms with Crippen LogP contribution in [0.15, 0.2) is 10.8 Å². The normalized spacial score (nSPS) is 21.8. The van der Waals surface area contributed by atoms with Crippen LogP contribution >= 0.6 is 15.9 Å². The van der Waals surface area contributed by atoms with E-state index in [0.29, 0.717) is 4.73 Å². The quantitative estimate of drug-likeness (QED) is 0.735. The van der Waals surface area contributed by atoms with Gasteiger partial charge in [0.05, 0.1) is 0 Å². The van der Waals surface area contributed by atoms with Gasteiger partial charge in [-0.2, -0.15) is 0 Å². The standard InChI is InChI=1S/C11H16BrN3/c1-8-4-3-5-15(7-8)10-6-9(2)13-11(12)14-10/h6,8H,3-5,7H2,1-2H3. The number of hydrogen-bond donors (Lipinski definition) is 0. The third kappa shape index (κ3) is 2.68. The van der Waals surface area contributed by atoms with E-state index in [-0.39, 0.29) is 0 Å². The summed E-state index contributed by atoms with van der Waals surface area (Å²) in [6.07, 6.45) is 2.60. The molecule has 0 aromatic carbocycles. The molecular weight excluding hydrogens is 254 g/mol. The third-order valence-electron chi connectivity index (χ3n) is 2.79. The summed E-state index contributed by atoms with van der Waals surface area (Å²) in [6, 6.07) is 2.06. The first-order chi connectivity index (χ1) is 7.15. The fraction of sp³-hybridized carbons (Fsp3) is 0.636. The van der Waals surface area contributed by atoms with Crippen LogP contribution in [0.25, 0.3) is 0 Å². The highest BCUT2D eigenvalue weighted by molar-refractivity contribution is 9.10. The first kappa shape index (κ1) is 10.9. The first-order valence-corrected chi connectivity index (χ1v) is 6.20.